The zero-order valence-corrected chi connectivity index (χ0v) is 22.3. The van der Waals surface area contributed by atoms with Gasteiger partial charge in [0.1, 0.15) is 0 Å². The van der Waals surface area contributed by atoms with Crippen molar-refractivity contribution in [3.63, 3.8) is 0 Å². The molecule has 0 amide bonds. The van der Waals surface area contributed by atoms with Crippen molar-refractivity contribution in [3.8, 4) is 0 Å². The number of hydrogen-bond donors (Lipinski definition) is 1. The van der Waals surface area contributed by atoms with Crippen LogP contribution in [0.2, 0.25) is 0 Å². The van der Waals surface area contributed by atoms with E-state index in [4.69, 9.17) is 14.2 Å². The minimum Gasteiger partial charge on any atom is -0.469 e. The van der Waals surface area contributed by atoms with Gasteiger partial charge in [0.2, 0.25) is 0 Å². The molecule has 0 saturated carbocycles. The number of esters is 1. The minimum absolute atomic E-state index is 0.134. The Hall–Kier alpha value is -1.86. The Balaban J connectivity index is 1.97. The van der Waals surface area contributed by atoms with E-state index in [1.54, 1.807) is 11.8 Å². The van der Waals surface area contributed by atoms with E-state index >= 15 is 0 Å². The van der Waals surface area contributed by atoms with Gasteiger partial charge in [-0.25, -0.2) is 0 Å². The van der Waals surface area contributed by atoms with Gasteiger partial charge in [-0.1, -0.05) is 62.4 Å². The Bertz CT molecular complexity index is 940. The van der Waals surface area contributed by atoms with Crippen molar-refractivity contribution in [1.29, 1.82) is 0 Å². The molecule has 1 heterocycles. The second kappa shape index (κ2) is 13.4. The normalized spacial score (nSPS) is 19.5. The molecule has 0 aromatic heterocycles. The lowest BCUT2D eigenvalue weighted by molar-refractivity contribution is -0.168. The van der Waals surface area contributed by atoms with E-state index in [2.05, 4.69) is 49.4 Å². The maximum Gasteiger partial charge on any atom is 0.309 e. The van der Waals surface area contributed by atoms with Crippen LogP contribution in [0.15, 0.2) is 48.5 Å². The summed E-state index contributed by atoms with van der Waals surface area (Å²) in [7, 11) is 1.44. The highest BCUT2D eigenvalue weighted by molar-refractivity contribution is 8.00. The van der Waals surface area contributed by atoms with Crippen molar-refractivity contribution in [2.75, 3.05) is 19.5 Å². The third-order valence-corrected chi connectivity index (χ3v) is 8.52. The summed E-state index contributed by atoms with van der Waals surface area (Å²) in [6, 6.07) is 16.9. The number of carbonyl (C=O) groups excluding carboxylic acids is 1. The largest absolute Gasteiger partial charge is 0.469 e. The molecule has 192 valence electrons. The smallest absolute Gasteiger partial charge is 0.309 e. The predicted molar refractivity (Wildman–Crippen MR) is 141 cm³/mol. The zero-order valence-electron chi connectivity index (χ0n) is 21.5. The van der Waals surface area contributed by atoms with Gasteiger partial charge >= 0.3 is 5.97 Å². The fraction of sp³-hybridized carbons (Fsp3) is 0.552. The van der Waals surface area contributed by atoms with Gasteiger partial charge in [-0.3, -0.25) is 4.79 Å². The molecule has 1 aliphatic heterocycles. The molecule has 2 aromatic carbocycles. The molecule has 1 N–H and O–H groups in total. The van der Waals surface area contributed by atoms with Crippen molar-refractivity contribution in [2.24, 2.45) is 5.92 Å². The molecule has 0 aliphatic carbocycles. The molecule has 0 spiro atoms. The molecule has 5 nitrogen and oxygen atoms in total. The zero-order chi connectivity index (χ0) is 25.3. The number of carbonyl (C=O) groups is 1. The fourth-order valence-electron chi connectivity index (χ4n) is 4.70. The monoisotopic (exact) mass is 500 g/mol. The predicted octanol–water partition coefficient (Wildman–Crippen LogP) is 5.85. The van der Waals surface area contributed by atoms with Crippen LogP contribution in [0.5, 0.6) is 0 Å². The summed E-state index contributed by atoms with van der Waals surface area (Å²) < 4.78 is 16.4. The minimum atomic E-state index is -0.445. The third-order valence-electron chi connectivity index (χ3n) is 6.62. The molecule has 0 bridgehead atoms. The Morgan fingerprint density at radius 1 is 1.20 bits per heavy atom. The van der Waals surface area contributed by atoms with Crippen LogP contribution in [0, 0.1) is 5.92 Å². The van der Waals surface area contributed by atoms with Gasteiger partial charge < -0.3 is 19.3 Å². The van der Waals surface area contributed by atoms with Crippen molar-refractivity contribution >= 4 is 17.7 Å². The lowest BCUT2D eigenvalue weighted by Gasteiger charge is -2.36. The summed E-state index contributed by atoms with van der Waals surface area (Å²) in [5.74, 6) is 0.199. The van der Waals surface area contributed by atoms with Gasteiger partial charge in [-0.15, -0.1) is 11.8 Å². The molecule has 2 aromatic rings. The maximum absolute atomic E-state index is 12.2. The molecule has 1 saturated heterocycles. The summed E-state index contributed by atoms with van der Waals surface area (Å²) in [6.45, 7) is 7.18. The first-order valence-electron chi connectivity index (χ1n) is 12.7. The van der Waals surface area contributed by atoms with Crippen molar-refractivity contribution < 1.29 is 24.1 Å². The van der Waals surface area contributed by atoms with Gasteiger partial charge in [-0.05, 0) is 61.3 Å². The SMILES string of the molecule is CCC(SCC(C)C(=O)OC)(c1cccc(COC2CCCCO2)c1)c1ccccc1CC(C)O. The molecule has 4 atom stereocenters. The number of benzene rings is 2. The van der Waals surface area contributed by atoms with E-state index in [9.17, 15) is 9.90 Å². The highest BCUT2D eigenvalue weighted by Gasteiger charge is 2.36. The molecular weight excluding hydrogens is 460 g/mol. The molecule has 0 radical (unpaired) electrons. The van der Waals surface area contributed by atoms with Crippen LogP contribution < -0.4 is 0 Å². The average Bonchev–Trinajstić information content (AvgIpc) is 2.88. The standard InChI is InChI=1S/C29H40O5S/c1-5-29(35-20-21(2)28(31)32-4,26-14-7-6-12-24(26)17-22(3)30)25-13-10-11-23(18-25)19-34-27-15-8-9-16-33-27/h6-7,10-14,18,21-22,27,30H,5,8-9,15-17,19-20H2,1-4H3. The van der Waals surface area contributed by atoms with E-state index in [1.807, 2.05) is 19.9 Å². The Labute approximate surface area is 214 Å². The van der Waals surface area contributed by atoms with Crippen LogP contribution in [-0.2, 0) is 36.8 Å². The van der Waals surface area contributed by atoms with Gasteiger partial charge in [-0.2, -0.15) is 0 Å². The Morgan fingerprint density at radius 3 is 2.69 bits per heavy atom. The molecule has 1 aliphatic rings. The van der Waals surface area contributed by atoms with Gasteiger partial charge in [0.05, 0.1) is 30.5 Å². The summed E-state index contributed by atoms with van der Waals surface area (Å²) in [4.78, 5) is 12.2. The summed E-state index contributed by atoms with van der Waals surface area (Å²) in [5, 5.41) is 10.2. The number of rotatable bonds is 12. The summed E-state index contributed by atoms with van der Waals surface area (Å²) in [6.07, 6.45) is 4.00. The van der Waals surface area contributed by atoms with Crippen molar-refractivity contribution in [2.45, 2.75) is 76.6 Å². The number of aliphatic hydroxyl groups is 1. The lowest BCUT2D eigenvalue weighted by atomic mass is 9.83. The third kappa shape index (κ3) is 7.32. The second-order valence-electron chi connectivity index (χ2n) is 9.43. The van der Waals surface area contributed by atoms with Gasteiger partial charge in [0.25, 0.3) is 0 Å². The van der Waals surface area contributed by atoms with E-state index < -0.39 is 6.10 Å². The van der Waals surface area contributed by atoms with E-state index in [1.165, 1.54) is 18.2 Å². The number of thioether (sulfide) groups is 1. The highest BCUT2D eigenvalue weighted by atomic mass is 32.2. The molecule has 6 heteroatoms. The van der Waals surface area contributed by atoms with Gasteiger partial charge in [0.15, 0.2) is 6.29 Å². The quantitative estimate of drug-likeness (QED) is 0.369. The second-order valence-corrected chi connectivity index (χ2v) is 10.8. The molecule has 1 fully saturated rings. The van der Waals surface area contributed by atoms with Crippen molar-refractivity contribution in [3.05, 3.63) is 70.8 Å². The average molecular weight is 501 g/mol. The number of hydrogen-bond acceptors (Lipinski definition) is 6. The van der Waals surface area contributed by atoms with Crippen LogP contribution in [0.3, 0.4) is 0 Å². The first kappa shape index (κ1) is 27.7. The summed E-state index contributed by atoms with van der Waals surface area (Å²) >= 11 is 1.78. The Kier molecular flexibility index (Phi) is 10.7. The number of aliphatic hydroxyl groups excluding tert-OH is 1. The molecule has 3 rings (SSSR count). The Morgan fingerprint density at radius 2 is 2.00 bits per heavy atom. The fourth-order valence-corrected chi connectivity index (χ4v) is 6.23. The number of ether oxygens (including phenoxy) is 3. The highest BCUT2D eigenvalue weighted by Crippen LogP contribution is 2.48. The first-order chi connectivity index (χ1) is 16.9. The lowest BCUT2D eigenvalue weighted by Crippen LogP contribution is -2.28. The molecule has 4 unspecified atom stereocenters. The molecular formula is C29H40O5S. The van der Waals surface area contributed by atoms with Crippen LogP contribution in [-0.4, -0.2) is 42.9 Å². The van der Waals surface area contributed by atoms with Crippen LogP contribution in [0.1, 0.15) is 68.7 Å². The number of methoxy groups -OCH3 is 1. The van der Waals surface area contributed by atoms with Gasteiger partial charge in [0, 0.05) is 12.4 Å². The van der Waals surface area contributed by atoms with Crippen LogP contribution >= 0.6 is 11.8 Å². The van der Waals surface area contributed by atoms with E-state index in [0.717, 1.165) is 43.4 Å². The summed E-state index contributed by atoms with van der Waals surface area (Å²) in [5.41, 5.74) is 4.58. The van der Waals surface area contributed by atoms with Crippen molar-refractivity contribution in [1.82, 2.24) is 0 Å². The van der Waals surface area contributed by atoms with Crippen LogP contribution in [0.4, 0.5) is 0 Å². The topological polar surface area (TPSA) is 65.0 Å². The molecule has 35 heavy (non-hydrogen) atoms. The maximum atomic E-state index is 12.2. The van der Waals surface area contributed by atoms with E-state index in [0.29, 0.717) is 18.8 Å². The van der Waals surface area contributed by atoms with Crippen LogP contribution in [0.25, 0.3) is 0 Å². The van der Waals surface area contributed by atoms with E-state index in [-0.39, 0.29) is 22.9 Å². The first-order valence-corrected chi connectivity index (χ1v) is 13.7.